The highest BCUT2D eigenvalue weighted by molar-refractivity contribution is 7.18. The van der Waals surface area contributed by atoms with E-state index in [1.54, 1.807) is 13.0 Å². The molecule has 9 heteroatoms. The lowest BCUT2D eigenvalue weighted by Gasteiger charge is -2.08. The first-order valence-corrected chi connectivity index (χ1v) is 9.60. The van der Waals surface area contributed by atoms with Gasteiger partial charge in [-0.3, -0.25) is 14.4 Å². The molecule has 0 atom stereocenters. The summed E-state index contributed by atoms with van der Waals surface area (Å²) in [6.07, 6.45) is 0. The zero-order chi connectivity index (χ0) is 21.8. The molecule has 0 spiro atoms. The molecule has 0 saturated carbocycles. The third-order valence-electron chi connectivity index (χ3n) is 3.98. The normalized spacial score (nSPS) is 10.4. The van der Waals surface area contributed by atoms with Gasteiger partial charge in [-0.1, -0.05) is 6.07 Å². The summed E-state index contributed by atoms with van der Waals surface area (Å²) in [4.78, 5) is 36.4. The first kappa shape index (κ1) is 21.1. The predicted octanol–water partition coefficient (Wildman–Crippen LogP) is 4.80. The average molecular weight is 429 g/mol. The minimum absolute atomic E-state index is 0.0498. The van der Waals surface area contributed by atoms with Crippen molar-refractivity contribution in [2.45, 2.75) is 13.8 Å². The Morgan fingerprint density at radius 2 is 1.67 bits per heavy atom. The minimum atomic E-state index is -0.627. The summed E-state index contributed by atoms with van der Waals surface area (Å²) >= 11 is 1.05. The van der Waals surface area contributed by atoms with Gasteiger partial charge < -0.3 is 16.0 Å². The lowest BCUT2D eigenvalue weighted by Crippen LogP contribution is -2.13. The van der Waals surface area contributed by atoms with Crippen LogP contribution in [0.25, 0.3) is 0 Å². The predicted molar refractivity (Wildman–Crippen MR) is 112 cm³/mol. The second kappa shape index (κ2) is 8.83. The minimum Gasteiger partial charge on any atom is -0.324 e. The monoisotopic (exact) mass is 429 g/mol. The van der Waals surface area contributed by atoms with Crippen LogP contribution in [-0.4, -0.2) is 17.7 Å². The third-order valence-corrected chi connectivity index (χ3v) is 5.13. The molecule has 3 rings (SSSR count). The number of nitrogens with one attached hydrogen (secondary N) is 3. The fourth-order valence-electron chi connectivity index (χ4n) is 2.66. The van der Waals surface area contributed by atoms with Gasteiger partial charge >= 0.3 is 0 Å². The van der Waals surface area contributed by atoms with Gasteiger partial charge in [-0.2, -0.15) is 0 Å². The molecule has 2 aromatic carbocycles. The van der Waals surface area contributed by atoms with Crippen LogP contribution in [-0.2, 0) is 4.79 Å². The van der Waals surface area contributed by atoms with Crippen LogP contribution in [0.1, 0.15) is 32.5 Å². The van der Waals surface area contributed by atoms with E-state index in [0.29, 0.717) is 21.1 Å². The number of carbonyl (C=O) groups is 3. The first-order chi connectivity index (χ1) is 14.2. The molecular formula is C21H17F2N3O3S. The van der Waals surface area contributed by atoms with Crippen molar-refractivity contribution in [1.82, 2.24) is 0 Å². The molecule has 0 saturated heterocycles. The maximum absolute atomic E-state index is 13.8. The second-order valence-electron chi connectivity index (χ2n) is 6.42. The van der Waals surface area contributed by atoms with Crippen molar-refractivity contribution in [2.24, 2.45) is 0 Å². The molecule has 154 valence electrons. The zero-order valence-electron chi connectivity index (χ0n) is 16.0. The van der Waals surface area contributed by atoms with Crippen LogP contribution in [0.5, 0.6) is 0 Å². The maximum atomic E-state index is 13.8. The quantitative estimate of drug-likeness (QED) is 0.545. The molecule has 1 aromatic heterocycles. The number of anilines is 3. The van der Waals surface area contributed by atoms with Crippen LogP contribution in [0.2, 0.25) is 0 Å². The molecule has 0 aliphatic rings. The Morgan fingerprint density at radius 3 is 2.37 bits per heavy atom. The summed E-state index contributed by atoms with van der Waals surface area (Å²) in [5, 5.41) is 8.04. The van der Waals surface area contributed by atoms with Crippen molar-refractivity contribution >= 4 is 45.4 Å². The number of hydrogen-bond donors (Lipinski definition) is 3. The molecule has 3 amide bonds. The van der Waals surface area contributed by atoms with Gasteiger partial charge in [0.05, 0.1) is 15.6 Å². The van der Waals surface area contributed by atoms with Crippen molar-refractivity contribution in [3.05, 3.63) is 76.2 Å². The molecule has 1 heterocycles. The van der Waals surface area contributed by atoms with Gasteiger partial charge in [-0.15, -0.1) is 11.3 Å². The van der Waals surface area contributed by atoms with Gasteiger partial charge in [0, 0.05) is 18.2 Å². The fourth-order valence-corrected chi connectivity index (χ4v) is 3.62. The molecule has 0 aliphatic carbocycles. The number of amides is 3. The van der Waals surface area contributed by atoms with E-state index in [9.17, 15) is 23.2 Å². The van der Waals surface area contributed by atoms with Crippen LogP contribution < -0.4 is 16.0 Å². The second-order valence-corrected chi connectivity index (χ2v) is 7.47. The Kier molecular flexibility index (Phi) is 6.22. The van der Waals surface area contributed by atoms with Crippen molar-refractivity contribution in [1.29, 1.82) is 0 Å². The molecule has 3 aromatic rings. The van der Waals surface area contributed by atoms with E-state index in [1.165, 1.54) is 37.3 Å². The van der Waals surface area contributed by atoms with Crippen molar-refractivity contribution in [2.75, 3.05) is 16.0 Å². The average Bonchev–Trinajstić information content (AvgIpc) is 3.04. The SMILES string of the molecule is CC(=O)Nc1cc(NC(=O)c2sc(NC(=O)c3cccc(F)c3)cc2C)ccc1F. The highest BCUT2D eigenvalue weighted by Gasteiger charge is 2.17. The topological polar surface area (TPSA) is 87.3 Å². The molecule has 0 radical (unpaired) electrons. The Balaban J connectivity index is 1.74. The molecule has 0 fully saturated rings. The van der Waals surface area contributed by atoms with E-state index in [1.807, 2.05) is 0 Å². The number of benzene rings is 2. The highest BCUT2D eigenvalue weighted by Crippen LogP contribution is 2.28. The van der Waals surface area contributed by atoms with E-state index >= 15 is 0 Å². The lowest BCUT2D eigenvalue weighted by atomic mass is 10.2. The van der Waals surface area contributed by atoms with Gasteiger partial charge in [0.2, 0.25) is 5.91 Å². The number of aryl methyl sites for hydroxylation is 1. The van der Waals surface area contributed by atoms with E-state index in [4.69, 9.17) is 0 Å². The summed E-state index contributed by atoms with van der Waals surface area (Å²) in [5.74, 6) is -2.55. The lowest BCUT2D eigenvalue weighted by molar-refractivity contribution is -0.114. The van der Waals surface area contributed by atoms with Gasteiger partial charge in [0.1, 0.15) is 11.6 Å². The van der Waals surface area contributed by atoms with E-state index in [0.717, 1.165) is 23.5 Å². The summed E-state index contributed by atoms with van der Waals surface area (Å²) in [6.45, 7) is 2.95. The standard InChI is InChI=1S/C21H17F2N3O3S/c1-11-8-18(26-20(28)13-4-3-5-14(22)9-13)30-19(11)21(29)25-15-6-7-16(23)17(10-15)24-12(2)27/h3-10H,1-2H3,(H,24,27)(H,25,29)(H,26,28). The summed E-state index contributed by atoms with van der Waals surface area (Å²) in [7, 11) is 0. The summed E-state index contributed by atoms with van der Waals surface area (Å²) in [5.41, 5.74) is 1.02. The van der Waals surface area contributed by atoms with Crippen LogP contribution in [0.3, 0.4) is 0 Å². The smallest absolute Gasteiger partial charge is 0.266 e. The highest BCUT2D eigenvalue weighted by atomic mass is 32.1. The van der Waals surface area contributed by atoms with E-state index < -0.39 is 29.4 Å². The van der Waals surface area contributed by atoms with Crippen molar-refractivity contribution in [3.63, 3.8) is 0 Å². The fraction of sp³-hybridized carbons (Fsp3) is 0.0952. The first-order valence-electron chi connectivity index (χ1n) is 8.79. The van der Waals surface area contributed by atoms with Crippen LogP contribution in [0.15, 0.2) is 48.5 Å². The Hall–Kier alpha value is -3.59. The van der Waals surface area contributed by atoms with Gasteiger partial charge in [-0.25, -0.2) is 8.78 Å². The number of carbonyl (C=O) groups excluding carboxylic acids is 3. The molecule has 0 bridgehead atoms. The number of rotatable bonds is 5. The molecular weight excluding hydrogens is 412 g/mol. The van der Waals surface area contributed by atoms with Gasteiger partial charge in [0.15, 0.2) is 0 Å². The summed E-state index contributed by atoms with van der Waals surface area (Å²) < 4.78 is 27.0. The zero-order valence-corrected chi connectivity index (χ0v) is 16.8. The number of thiophene rings is 1. The van der Waals surface area contributed by atoms with Gasteiger partial charge in [-0.05, 0) is 55.0 Å². The van der Waals surface area contributed by atoms with Crippen LogP contribution in [0.4, 0.5) is 25.2 Å². The Bertz CT molecular complexity index is 1140. The molecule has 0 aliphatic heterocycles. The maximum Gasteiger partial charge on any atom is 0.266 e. The number of halogens is 2. The summed E-state index contributed by atoms with van der Waals surface area (Å²) in [6, 6.07) is 10.7. The molecule has 3 N–H and O–H groups in total. The van der Waals surface area contributed by atoms with Gasteiger partial charge in [0.25, 0.3) is 11.8 Å². The van der Waals surface area contributed by atoms with Crippen molar-refractivity contribution < 1.29 is 23.2 Å². The van der Waals surface area contributed by atoms with Crippen molar-refractivity contribution in [3.8, 4) is 0 Å². The number of hydrogen-bond acceptors (Lipinski definition) is 4. The van der Waals surface area contributed by atoms with E-state index in [-0.39, 0.29) is 11.3 Å². The largest absolute Gasteiger partial charge is 0.324 e. The third kappa shape index (κ3) is 5.06. The van der Waals surface area contributed by atoms with Crippen LogP contribution in [0, 0.1) is 18.6 Å². The molecule has 30 heavy (non-hydrogen) atoms. The molecule has 6 nitrogen and oxygen atoms in total. The van der Waals surface area contributed by atoms with Crippen LogP contribution >= 0.6 is 11.3 Å². The Morgan fingerprint density at radius 1 is 0.900 bits per heavy atom. The van der Waals surface area contributed by atoms with E-state index in [2.05, 4.69) is 16.0 Å². The molecule has 0 unspecified atom stereocenters. The Labute approximate surface area is 174 Å².